The number of rotatable bonds is 5. The third-order valence-corrected chi connectivity index (χ3v) is 3.50. The lowest BCUT2D eigenvalue weighted by Crippen LogP contribution is -2.29. The van der Waals surface area contributed by atoms with Crippen LogP contribution >= 0.6 is 0 Å². The number of aromatic nitrogens is 2. The highest BCUT2D eigenvalue weighted by Gasteiger charge is 2.19. The third-order valence-electron chi connectivity index (χ3n) is 3.50. The Balaban J connectivity index is 2.14. The van der Waals surface area contributed by atoms with E-state index in [2.05, 4.69) is 21.6 Å². The summed E-state index contributed by atoms with van der Waals surface area (Å²) in [5, 5.41) is 19.0. The van der Waals surface area contributed by atoms with Gasteiger partial charge < -0.3 is 10.1 Å². The summed E-state index contributed by atoms with van der Waals surface area (Å²) in [5.41, 5.74) is 3.15. The zero-order valence-corrected chi connectivity index (χ0v) is 12.8. The second kappa shape index (κ2) is 6.76. The van der Waals surface area contributed by atoms with E-state index in [-0.39, 0.29) is 12.3 Å². The molecular weight excluding hydrogens is 280 g/mol. The number of carbonyl (C=O) groups excluding carboxylic acids is 1. The number of hydrogen-bond donors (Lipinski definition) is 2. The molecule has 2 aromatic rings. The first-order valence-corrected chi connectivity index (χ1v) is 6.89. The lowest BCUT2D eigenvalue weighted by atomic mass is 10.1. The number of nitrogens with zero attached hydrogens (tertiary/aromatic N) is 2. The number of benzene rings is 1. The molecule has 0 saturated carbocycles. The predicted octanol–water partition coefficient (Wildman–Crippen LogP) is 1.96. The number of methoxy groups -OCH3 is 1. The average Bonchev–Trinajstić information content (AvgIpc) is 2.84. The van der Waals surface area contributed by atoms with Crippen molar-refractivity contribution < 1.29 is 9.53 Å². The van der Waals surface area contributed by atoms with Crippen LogP contribution in [0.25, 0.3) is 0 Å². The molecule has 2 N–H and O–H groups in total. The Bertz CT molecular complexity index is 696. The monoisotopic (exact) mass is 298 g/mol. The van der Waals surface area contributed by atoms with Crippen molar-refractivity contribution in [2.24, 2.45) is 0 Å². The largest absolute Gasteiger partial charge is 0.496 e. The normalized spacial score (nSPS) is 11.5. The smallest absolute Gasteiger partial charge is 0.225 e. The van der Waals surface area contributed by atoms with Crippen LogP contribution in [0.1, 0.15) is 28.6 Å². The van der Waals surface area contributed by atoms with E-state index in [0.29, 0.717) is 11.3 Å². The van der Waals surface area contributed by atoms with Crippen LogP contribution in [0.4, 0.5) is 0 Å². The maximum atomic E-state index is 12.2. The van der Waals surface area contributed by atoms with Crippen molar-refractivity contribution in [2.45, 2.75) is 26.3 Å². The molecule has 0 unspecified atom stereocenters. The van der Waals surface area contributed by atoms with Crippen LogP contribution in [0.15, 0.2) is 24.3 Å². The van der Waals surface area contributed by atoms with Gasteiger partial charge in [-0.15, -0.1) is 0 Å². The van der Waals surface area contributed by atoms with Crippen molar-refractivity contribution in [3.05, 3.63) is 46.8 Å². The van der Waals surface area contributed by atoms with Crippen molar-refractivity contribution in [3.63, 3.8) is 0 Å². The Hall–Kier alpha value is -2.81. The number of H-pyrrole nitrogens is 1. The minimum atomic E-state index is -0.754. The number of carbonyl (C=O) groups is 1. The molecule has 6 heteroatoms. The van der Waals surface area contributed by atoms with Crippen LogP contribution in [0.3, 0.4) is 0 Å². The van der Waals surface area contributed by atoms with Gasteiger partial charge in [0.05, 0.1) is 25.3 Å². The van der Waals surface area contributed by atoms with Crippen LogP contribution < -0.4 is 10.1 Å². The molecule has 0 saturated heterocycles. The summed E-state index contributed by atoms with van der Waals surface area (Å²) >= 11 is 0. The number of nitriles is 1. The third kappa shape index (κ3) is 3.26. The SMILES string of the molecule is COc1ccccc1[C@H](C#N)NC(=O)Cc1c(C)n[nH]c1C. The first-order chi connectivity index (χ1) is 10.6. The maximum absolute atomic E-state index is 12.2. The first-order valence-electron chi connectivity index (χ1n) is 6.89. The van der Waals surface area contributed by atoms with Gasteiger partial charge in [0.1, 0.15) is 11.8 Å². The number of ether oxygens (including phenoxy) is 1. The van der Waals surface area contributed by atoms with Crippen molar-refractivity contribution >= 4 is 5.91 Å². The van der Waals surface area contributed by atoms with Gasteiger partial charge in [0.15, 0.2) is 0 Å². The Morgan fingerprint density at radius 2 is 2.18 bits per heavy atom. The molecule has 0 aliphatic carbocycles. The summed E-state index contributed by atoms with van der Waals surface area (Å²) in [6.45, 7) is 3.71. The molecule has 1 amide bonds. The minimum Gasteiger partial charge on any atom is -0.496 e. The van der Waals surface area contributed by atoms with Crippen molar-refractivity contribution in [1.29, 1.82) is 5.26 Å². The van der Waals surface area contributed by atoms with Gasteiger partial charge in [0, 0.05) is 16.8 Å². The molecule has 1 aromatic heterocycles. The van der Waals surface area contributed by atoms with Gasteiger partial charge in [0.2, 0.25) is 5.91 Å². The Morgan fingerprint density at radius 3 is 2.77 bits per heavy atom. The van der Waals surface area contributed by atoms with Crippen molar-refractivity contribution in [1.82, 2.24) is 15.5 Å². The van der Waals surface area contributed by atoms with Gasteiger partial charge >= 0.3 is 0 Å². The molecule has 0 spiro atoms. The number of amides is 1. The molecule has 2 rings (SSSR count). The van der Waals surface area contributed by atoms with E-state index in [1.54, 1.807) is 18.2 Å². The van der Waals surface area contributed by atoms with E-state index in [1.165, 1.54) is 7.11 Å². The molecule has 0 aliphatic heterocycles. The van der Waals surface area contributed by atoms with Crippen LogP contribution in [0.5, 0.6) is 5.75 Å². The highest BCUT2D eigenvalue weighted by atomic mass is 16.5. The van der Waals surface area contributed by atoms with Gasteiger partial charge in [-0.25, -0.2) is 0 Å². The fourth-order valence-electron chi connectivity index (χ4n) is 2.29. The summed E-state index contributed by atoms with van der Waals surface area (Å²) in [7, 11) is 1.54. The maximum Gasteiger partial charge on any atom is 0.225 e. The summed E-state index contributed by atoms with van der Waals surface area (Å²) in [6.07, 6.45) is 0.182. The van der Waals surface area contributed by atoms with E-state index in [0.717, 1.165) is 17.0 Å². The van der Waals surface area contributed by atoms with Crippen LogP contribution in [-0.4, -0.2) is 23.2 Å². The zero-order valence-electron chi connectivity index (χ0n) is 12.8. The van der Waals surface area contributed by atoms with E-state index in [9.17, 15) is 10.1 Å². The molecule has 0 bridgehead atoms. The van der Waals surface area contributed by atoms with Gasteiger partial charge in [0.25, 0.3) is 0 Å². The molecule has 0 radical (unpaired) electrons. The summed E-state index contributed by atoms with van der Waals surface area (Å²) in [5.74, 6) is 0.343. The predicted molar refractivity (Wildman–Crippen MR) is 81.3 cm³/mol. The second-order valence-electron chi connectivity index (χ2n) is 4.96. The van der Waals surface area contributed by atoms with Gasteiger partial charge in [-0.3, -0.25) is 9.89 Å². The highest BCUT2D eigenvalue weighted by molar-refractivity contribution is 5.80. The fourth-order valence-corrected chi connectivity index (χ4v) is 2.29. The van der Waals surface area contributed by atoms with E-state index >= 15 is 0 Å². The number of hydrogen-bond acceptors (Lipinski definition) is 4. The Kier molecular flexibility index (Phi) is 4.79. The highest BCUT2D eigenvalue weighted by Crippen LogP contribution is 2.24. The fraction of sp³-hybridized carbons (Fsp3) is 0.312. The lowest BCUT2D eigenvalue weighted by Gasteiger charge is -2.15. The number of aromatic amines is 1. The number of para-hydroxylation sites is 1. The quantitative estimate of drug-likeness (QED) is 0.882. The minimum absolute atomic E-state index is 0.182. The topological polar surface area (TPSA) is 90.8 Å². The molecule has 22 heavy (non-hydrogen) atoms. The summed E-state index contributed by atoms with van der Waals surface area (Å²) in [6, 6.07) is 8.49. The molecule has 6 nitrogen and oxygen atoms in total. The van der Waals surface area contributed by atoms with Crippen LogP contribution in [0.2, 0.25) is 0 Å². The molecular formula is C16H18N4O2. The molecule has 0 fully saturated rings. The first kappa shape index (κ1) is 15.6. The molecule has 0 aliphatic rings. The summed E-state index contributed by atoms with van der Waals surface area (Å²) < 4.78 is 5.24. The zero-order chi connectivity index (χ0) is 16.1. The Labute approximate surface area is 129 Å². The molecule has 1 atom stereocenters. The van der Waals surface area contributed by atoms with E-state index in [4.69, 9.17) is 4.74 Å². The Morgan fingerprint density at radius 1 is 1.45 bits per heavy atom. The number of nitrogens with one attached hydrogen (secondary N) is 2. The second-order valence-corrected chi connectivity index (χ2v) is 4.96. The van der Waals surface area contributed by atoms with Crippen molar-refractivity contribution in [3.8, 4) is 11.8 Å². The van der Waals surface area contributed by atoms with Crippen LogP contribution in [0, 0.1) is 25.2 Å². The van der Waals surface area contributed by atoms with Gasteiger partial charge in [-0.05, 0) is 19.9 Å². The van der Waals surface area contributed by atoms with Crippen LogP contribution in [-0.2, 0) is 11.2 Å². The molecule has 1 heterocycles. The molecule has 114 valence electrons. The lowest BCUT2D eigenvalue weighted by molar-refractivity contribution is -0.120. The standard InChI is InChI=1S/C16H18N4O2/c1-10-13(11(2)20-19-10)8-16(21)18-14(9-17)12-6-4-5-7-15(12)22-3/h4-7,14H,8H2,1-3H3,(H,18,21)(H,19,20)/t14-/m0/s1. The van der Waals surface area contributed by atoms with E-state index < -0.39 is 6.04 Å². The van der Waals surface area contributed by atoms with Gasteiger partial charge in [-0.2, -0.15) is 10.4 Å². The number of aryl methyl sites for hydroxylation is 2. The van der Waals surface area contributed by atoms with Gasteiger partial charge in [-0.1, -0.05) is 18.2 Å². The summed E-state index contributed by atoms with van der Waals surface area (Å²) in [4.78, 5) is 12.2. The van der Waals surface area contributed by atoms with Crippen molar-refractivity contribution in [2.75, 3.05) is 7.11 Å². The average molecular weight is 298 g/mol. The van der Waals surface area contributed by atoms with E-state index in [1.807, 2.05) is 19.9 Å². The molecule has 1 aromatic carbocycles.